The molecule has 174 valence electrons. The maximum absolute atomic E-state index is 13.0. The molecule has 1 heterocycles. The summed E-state index contributed by atoms with van der Waals surface area (Å²) in [4.78, 5) is 14.9. The molecule has 1 aliphatic rings. The lowest BCUT2D eigenvalue weighted by molar-refractivity contribution is -0.116. The Hall–Kier alpha value is -2.62. The topological polar surface area (TPSA) is 88.2 Å². The fraction of sp³-hybridized carbons (Fsp3) is 0.435. The number of benzene rings is 2. The van der Waals surface area contributed by atoms with E-state index in [0.29, 0.717) is 36.7 Å². The molecule has 8 nitrogen and oxygen atoms in total. The van der Waals surface area contributed by atoms with E-state index in [1.54, 1.807) is 38.5 Å². The molecule has 1 saturated heterocycles. The molecule has 0 atom stereocenters. The summed E-state index contributed by atoms with van der Waals surface area (Å²) in [6.07, 6.45) is 0.775. The van der Waals surface area contributed by atoms with Gasteiger partial charge in [-0.1, -0.05) is 19.1 Å². The van der Waals surface area contributed by atoms with Gasteiger partial charge in [0.05, 0.1) is 19.1 Å². The van der Waals surface area contributed by atoms with Crippen molar-refractivity contribution in [1.29, 1.82) is 0 Å². The van der Waals surface area contributed by atoms with Crippen molar-refractivity contribution in [2.45, 2.75) is 24.7 Å². The lowest BCUT2D eigenvalue weighted by Crippen LogP contribution is -2.48. The zero-order valence-electron chi connectivity index (χ0n) is 18.8. The first-order valence-corrected chi connectivity index (χ1v) is 12.1. The van der Waals surface area contributed by atoms with Crippen molar-refractivity contribution in [3.05, 3.63) is 48.0 Å². The summed E-state index contributed by atoms with van der Waals surface area (Å²) in [5.74, 6) is 1.06. The van der Waals surface area contributed by atoms with Gasteiger partial charge in [0.1, 0.15) is 0 Å². The number of likely N-dealkylation sites (N-methyl/N-ethyl adjacent to an activating group) is 1. The van der Waals surface area contributed by atoms with Gasteiger partial charge in [0.25, 0.3) is 0 Å². The number of nitrogens with zero attached hydrogens (tertiary/aromatic N) is 2. The van der Waals surface area contributed by atoms with Crippen LogP contribution in [-0.2, 0) is 21.2 Å². The van der Waals surface area contributed by atoms with Crippen LogP contribution in [0, 0.1) is 0 Å². The van der Waals surface area contributed by atoms with Crippen molar-refractivity contribution in [3.8, 4) is 11.5 Å². The fourth-order valence-electron chi connectivity index (χ4n) is 3.69. The molecule has 2 aromatic carbocycles. The summed E-state index contributed by atoms with van der Waals surface area (Å²) in [7, 11) is -0.450. The molecular formula is C23H31N3O5S. The lowest BCUT2D eigenvalue weighted by Gasteiger charge is -2.33. The third kappa shape index (κ3) is 5.79. The molecule has 3 rings (SSSR count). The fourth-order valence-corrected chi connectivity index (χ4v) is 5.16. The van der Waals surface area contributed by atoms with Gasteiger partial charge >= 0.3 is 0 Å². The highest BCUT2D eigenvalue weighted by Gasteiger charge is 2.28. The van der Waals surface area contributed by atoms with Gasteiger partial charge in [-0.2, -0.15) is 4.31 Å². The number of ether oxygens (including phenoxy) is 2. The van der Waals surface area contributed by atoms with Crippen LogP contribution in [0.1, 0.15) is 18.9 Å². The van der Waals surface area contributed by atoms with Gasteiger partial charge in [0.2, 0.25) is 15.9 Å². The number of nitrogens with one attached hydrogen (secondary N) is 1. The van der Waals surface area contributed by atoms with E-state index in [1.807, 2.05) is 12.1 Å². The van der Waals surface area contributed by atoms with Gasteiger partial charge < -0.3 is 19.7 Å². The predicted octanol–water partition coefficient (Wildman–Crippen LogP) is 2.60. The third-order valence-electron chi connectivity index (χ3n) is 5.62. The second-order valence-electron chi connectivity index (χ2n) is 7.60. The van der Waals surface area contributed by atoms with Gasteiger partial charge in [-0.25, -0.2) is 8.42 Å². The Morgan fingerprint density at radius 2 is 1.72 bits per heavy atom. The van der Waals surface area contributed by atoms with E-state index in [1.165, 1.54) is 10.4 Å². The zero-order valence-corrected chi connectivity index (χ0v) is 19.7. The number of anilines is 1. The van der Waals surface area contributed by atoms with Gasteiger partial charge in [-0.05, 0) is 48.9 Å². The van der Waals surface area contributed by atoms with Crippen LogP contribution >= 0.6 is 0 Å². The van der Waals surface area contributed by atoms with Gasteiger partial charge in [0, 0.05) is 38.3 Å². The van der Waals surface area contributed by atoms with E-state index in [9.17, 15) is 13.2 Å². The first-order chi connectivity index (χ1) is 15.4. The van der Waals surface area contributed by atoms with Crippen molar-refractivity contribution in [3.63, 3.8) is 0 Å². The highest BCUT2D eigenvalue weighted by Crippen LogP contribution is 2.28. The molecule has 1 fully saturated rings. The van der Waals surface area contributed by atoms with Crippen LogP contribution in [0.25, 0.3) is 0 Å². The number of methoxy groups -OCH3 is 2. The van der Waals surface area contributed by atoms with Crippen LogP contribution in [0.2, 0.25) is 0 Å². The van der Waals surface area contributed by atoms with E-state index in [-0.39, 0.29) is 17.2 Å². The second-order valence-corrected chi connectivity index (χ2v) is 9.54. The Kier molecular flexibility index (Phi) is 8.11. The standard InChI is InChI=1S/C23H31N3O5S/c1-4-25-12-14-26(15-13-25)32(28,29)20-7-5-6-19(17-20)24-23(27)11-9-18-8-10-21(30-2)22(16-18)31-3/h5-8,10,16-17H,4,9,11-15H2,1-3H3,(H,24,27). The third-order valence-corrected chi connectivity index (χ3v) is 7.52. The van der Waals surface area contributed by atoms with E-state index in [0.717, 1.165) is 25.2 Å². The van der Waals surface area contributed by atoms with E-state index in [2.05, 4.69) is 17.1 Å². The second kappa shape index (κ2) is 10.8. The van der Waals surface area contributed by atoms with Crippen molar-refractivity contribution < 1.29 is 22.7 Å². The Morgan fingerprint density at radius 1 is 1.00 bits per heavy atom. The first-order valence-electron chi connectivity index (χ1n) is 10.7. The van der Waals surface area contributed by atoms with Gasteiger partial charge in [0.15, 0.2) is 11.5 Å². The molecule has 0 bridgehead atoms. The molecule has 9 heteroatoms. The number of carbonyl (C=O) groups is 1. The average molecular weight is 462 g/mol. The lowest BCUT2D eigenvalue weighted by atomic mass is 10.1. The van der Waals surface area contributed by atoms with Crippen molar-refractivity contribution in [2.75, 3.05) is 52.3 Å². The molecule has 1 aliphatic heterocycles. The van der Waals surface area contributed by atoms with Crippen LogP contribution < -0.4 is 14.8 Å². The Morgan fingerprint density at radius 3 is 2.38 bits per heavy atom. The molecule has 0 aliphatic carbocycles. The molecule has 0 unspecified atom stereocenters. The van der Waals surface area contributed by atoms with Crippen molar-refractivity contribution >= 4 is 21.6 Å². The molecule has 32 heavy (non-hydrogen) atoms. The summed E-state index contributed by atoms with van der Waals surface area (Å²) < 4.78 is 38.1. The largest absolute Gasteiger partial charge is 0.493 e. The monoisotopic (exact) mass is 461 g/mol. The summed E-state index contributed by atoms with van der Waals surface area (Å²) in [5, 5.41) is 2.81. The number of carbonyl (C=O) groups excluding carboxylic acids is 1. The molecule has 0 saturated carbocycles. The highest BCUT2D eigenvalue weighted by molar-refractivity contribution is 7.89. The number of hydrogen-bond acceptors (Lipinski definition) is 6. The molecule has 0 spiro atoms. The van der Waals surface area contributed by atoms with E-state index in [4.69, 9.17) is 9.47 Å². The normalized spacial score (nSPS) is 15.3. The average Bonchev–Trinajstić information content (AvgIpc) is 2.82. The number of amides is 1. The minimum Gasteiger partial charge on any atom is -0.493 e. The molecule has 0 aromatic heterocycles. The number of piperazine rings is 1. The van der Waals surface area contributed by atoms with Gasteiger partial charge in [-0.15, -0.1) is 0 Å². The van der Waals surface area contributed by atoms with Crippen LogP contribution in [0.5, 0.6) is 11.5 Å². The smallest absolute Gasteiger partial charge is 0.243 e. The van der Waals surface area contributed by atoms with Crippen LogP contribution in [0.3, 0.4) is 0 Å². The van der Waals surface area contributed by atoms with E-state index < -0.39 is 10.0 Å². The Labute approximate surface area is 190 Å². The predicted molar refractivity (Wildman–Crippen MR) is 124 cm³/mol. The number of hydrogen-bond donors (Lipinski definition) is 1. The number of sulfonamides is 1. The maximum atomic E-state index is 13.0. The summed E-state index contributed by atoms with van der Waals surface area (Å²) >= 11 is 0. The molecular weight excluding hydrogens is 430 g/mol. The molecule has 0 radical (unpaired) electrons. The van der Waals surface area contributed by atoms with Crippen LogP contribution in [-0.4, -0.2) is 70.5 Å². The Balaban J connectivity index is 1.61. The molecule has 1 amide bonds. The minimum absolute atomic E-state index is 0.189. The SMILES string of the molecule is CCN1CCN(S(=O)(=O)c2cccc(NC(=O)CCc3ccc(OC)c(OC)c3)c2)CC1. The Bertz CT molecular complexity index is 1030. The minimum atomic E-state index is -3.59. The summed E-state index contributed by atoms with van der Waals surface area (Å²) in [5.41, 5.74) is 1.41. The maximum Gasteiger partial charge on any atom is 0.243 e. The van der Waals surface area contributed by atoms with Crippen molar-refractivity contribution in [2.24, 2.45) is 0 Å². The zero-order chi connectivity index (χ0) is 23.1. The van der Waals surface area contributed by atoms with E-state index >= 15 is 0 Å². The first kappa shape index (κ1) is 24.0. The summed E-state index contributed by atoms with van der Waals surface area (Å²) in [6, 6.07) is 12.0. The van der Waals surface area contributed by atoms with Crippen LogP contribution in [0.15, 0.2) is 47.4 Å². The molecule has 2 aromatic rings. The van der Waals surface area contributed by atoms with Crippen molar-refractivity contribution in [1.82, 2.24) is 9.21 Å². The summed E-state index contributed by atoms with van der Waals surface area (Å²) in [6.45, 7) is 5.38. The highest BCUT2D eigenvalue weighted by atomic mass is 32.2. The molecule has 1 N–H and O–H groups in total. The van der Waals surface area contributed by atoms with Gasteiger partial charge in [-0.3, -0.25) is 4.79 Å². The van der Waals surface area contributed by atoms with Crippen LogP contribution in [0.4, 0.5) is 5.69 Å². The quantitative estimate of drug-likeness (QED) is 0.618. The number of aryl methyl sites for hydroxylation is 1. The number of rotatable bonds is 9.